The second-order valence-electron chi connectivity index (χ2n) is 8.72. The Bertz CT molecular complexity index is 1440. The van der Waals surface area contributed by atoms with Gasteiger partial charge in [-0.05, 0) is 43.0 Å². The summed E-state index contributed by atoms with van der Waals surface area (Å²) in [6.45, 7) is 1.05. The first-order chi connectivity index (χ1) is 18.1. The van der Waals surface area contributed by atoms with Crippen molar-refractivity contribution in [1.82, 2.24) is 19.7 Å². The number of aliphatic hydroxyl groups excluding tert-OH is 1. The van der Waals surface area contributed by atoms with Crippen LogP contribution in [0.15, 0.2) is 35.1 Å². The molecule has 1 saturated heterocycles. The number of aliphatic hydroxyl groups is 1. The van der Waals surface area contributed by atoms with Crippen LogP contribution in [0.5, 0.6) is 11.6 Å². The summed E-state index contributed by atoms with van der Waals surface area (Å²) in [4.78, 5) is 22.4. The molecule has 11 heteroatoms. The number of para-hydroxylation sites is 1. The fraction of sp³-hybridized carbons (Fsp3) is 0.423. The molecule has 0 bridgehead atoms. The molecule has 1 atom stereocenters. The number of benzene rings is 2. The van der Waals surface area contributed by atoms with Crippen LogP contribution >= 0.6 is 0 Å². The maximum absolute atomic E-state index is 12.8. The minimum atomic E-state index is -0.227. The number of H-pyrrole nitrogens is 1. The Morgan fingerprint density at radius 3 is 2.86 bits per heavy atom. The molecule has 0 radical (unpaired) electrons. The van der Waals surface area contributed by atoms with Gasteiger partial charge in [0.1, 0.15) is 11.2 Å². The van der Waals surface area contributed by atoms with Gasteiger partial charge in [-0.1, -0.05) is 12.1 Å². The largest absolute Gasteiger partial charge is 0.479 e. The highest BCUT2D eigenvalue weighted by Gasteiger charge is 2.21. The first-order valence-electron chi connectivity index (χ1n) is 12.2. The SMILES string of the molecule is COCOc1cc(COC2CCCCO2)cc2nc(OC)c(-c3cccc4c(=O)n(CCO)[nH]c34)nc12. The average molecular weight is 511 g/mol. The van der Waals surface area contributed by atoms with E-state index in [-0.39, 0.29) is 31.8 Å². The van der Waals surface area contributed by atoms with Crippen LogP contribution in [-0.4, -0.2) is 65.4 Å². The van der Waals surface area contributed by atoms with Crippen LogP contribution in [0, 0.1) is 0 Å². The molecular formula is C26H30N4O7. The highest BCUT2D eigenvalue weighted by Crippen LogP contribution is 2.35. The minimum Gasteiger partial charge on any atom is -0.479 e. The highest BCUT2D eigenvalue weighted by atomic mass is 16.7. The van der Waals surface area contributed by atoms with E-state index in [1.165, 1.54) is 11.8 Å². The zero-order chi connectivity index (χ0) is 25.8. The summed E-state index contributed by atoms with van der Waals surface area (Å²) >= 11 is 0. The third-order valence-electron chi connectivity index (χ3n) is 6.23. The van der Waals surface area contributed by atoms with E-state index in [2.05, 4.69) is 5.10 Å². The van der Waals surface area contributed by atoms with Crippen molar-refractivity contribution in [3.8, 4) is 22.9 Å². The van der Waals surface area contributed by atoms with E-state index in [0.717, 1.165) is 24.8 Å². The van der Waals surface area contributed by atoms with Gasteiger partial charge in [0.15, 0.2) is 18.8 Å². The van der Waals surface area contributed by atoms with Crippen LogP contribution in [0.3, 0.4) is 0 Å². The lowest BCUT2D eigenvalue weighted by Crippen LogP contribution is -2.22. The number of rotatable bonds is 10. The number of hydrogen-bond donors (Lipinski definition) is 2. The van der Waals surface area contributed by atoms with Crippen molar-refractivity contribution < 1.29 is 28.8 Å². The number of hydrogen-bond acceptors (Lipinski definition) is 9. The third kappa shape index (κ3) is 5.16. The zero-order valence-corrected chi connectivity index (χ0v) is 20.9. The van der Waals surface area contributed by atoms with E-state index < -0.39 is 0 Å². The second-order valence-corrected chi connectivity index (χ2v) is 8.72. The smallest absolute Gasteiger partial charge is 0.274 e. The lowest BCUT2D eigenvalue weighted by atomic mass is 10.1. The lowest BCUT2D eigenvalue weighted by molar-refractivity contribution is -0.168. The van der Waals surface area contributed by atoms with Gasteiger partial charge in [0.2, 0.25) is 5.88 Å². The first kappa shape index (κ1) is 25.2. The number of ether oxygens (including phenoxy) is 5. The Morgan fingerprint density at radius 2 is 2.11 bits per heavy atom. The summed E-state index contributed by atoms with van der Waals surface area (Å²) in [7, 11) is 3.07. The summed E-state index contributed by atoms with van der Waals surface area (Å²) in [6, 6.07) is 9.08. The summed E-state index contributed by atoms with van der Waals surface area (Å²) in [5.74, 6) is 0.777. The Morgan fingerprint density at radius 1 is 1.22 bits per heavy atom. The standard InChI is InChI=1S/C26H30N4O7/c1-33-15-37-20-13-16(14-36-21-8-3-4-11-35-21)12-19-24(20)28-23(25(27-19)34-2)17-6-5-7-18-22(17)29-30(9-10-31)26(18)32/h5-7,12-13,21,29,31H,3-4,8-11,14-15H2,1-2H3. The van der Waals surface area contributed by atoms with Crippen molar-refractivity contribution in [1.29, 1.82) is 0 Å². The van der Waals surface area contributed by atoms with Gasteiger partial charge in [0.05, 0.1) is 43.3 Å². The number of aromatic nitrogens is 4. The van der Waals surface area contributed by atoms with Crippen molar-refractivity contribution in [2.45, 2.75) is 38.7 Å². The molecule has 2 aromatic heterocycles. The molecule has 0 spiro atoms. The molecule has 1 unspecified atom stereocenters. The number of fused-ring (bicyclic) bond motifs is 2. The van der Waals surface area contributed by atoms with Gasteiger partial charge >= 0.3 is 0 Å². The molecule has 0 amide bonds. The number of nitrogens with one attached hydrogen (secondary N) is 1. The molecule has 1 fully saturated rings. The Labute approximate surface area is 212 Å². The summed E-state index contributed by atoms with van der Waals surface area (Å²) in [6.07, 6.45) is 2.77. The second kappa shape index (κ2) is 11.3. The van der Waals surface area contributed by atoms with Crippen LogP contribution in [0.25, 0.3) is 33.2 Å². The average Bonchev–Trinajstić information content (AvgIpc) is 3.25. The number of nitrogens with zero attached hydrogens (tertiary/aromatic N) is 3. The molecule has 2 N–H and O–H groups in total. The van der Waals surface area contributed by atoms with Gasteiger partial charge in [-0.15, -0.1) is 0 Å². The van der Waals surface area contributed by atoms with E-state index in [1.54, 1.807) is 19.2 Å². The summed E-state index contributed by atoms with van der Waals surface area (Å²) in [5, 5.41) is 12.9. The van der Waals surface area contributed by atoms with E-state index in [0.29, 0.717) is 58.0 Å². The van der Waals surface area contributed by atoms with Gasteiger partial charge in [0.25, 0.3) is 5.56 Å². The van der Waals surface area contributed by atoms with E-state index in [9.17, 15) is 9.90 Å². The Hall–Kier alpha value is -3.51. The molecule has 0 aliphatic carbocycles. The monoisotopic (exact) mass is 510 g/mol. The molecule has 3 heterocycles. The maximum Gasteiger partial charge on any atom is 0.274 e. The third-order valence-corrected chi connectivity index (χ3v) is 6.23. The molecule has 37 heavy (non-hydrogen) atoms. The van der Waals surface area contributed by atoms with Crippen LogP contribution < -0.4 is 15.0 Å². The Kier molecular flexibility index (Phi) is 7.65. The Balaban J connectivity index is 1.60. The maximum atomic E-state index is 12.8. The fourth-order valence-corrected chi connectivity index (χ4v) is 4.47. The molecule has 1 aliphatic rings. The molecule has 0 saturated carbocycles. The van der Waals surface area contributed by atoms with Gasteiger partial charge in [0, 0.05) is 19.3 Å². The first-order valence-corrected chi connectivity index (χ1v) is 12.2. The normalized spacial score (nSPS) is 15.9. The van der Waals surface area contributed by atoms with E-state index in [1.807, 2.05) is 18.2 Å². The zero-order valence-electron chi connectivity index (χ0n) is 20.9. The van der Waals surface area contributed by atoms with Crippen molar-refractivity contribution in [3.63, 3.8) is 0 Å². The highest BCUT2D eigenvalue weighted by molar-refractivity contribution is 5.95. The van der Waals surface area contributed by atoms with Crippen molar-refractivity contribution in [2.24, 2.45) is 0 Å². The van der Waals surface area contributed by atoms with Gasteiger partial charge < -0.3 is 28.8 Å². The minimum absolute atomic E-state index is 0.0289. The molecule has 5 rings (SSSR count). The summed E-state index contributed by atoms with van der Waals surface area (Å²) in [5.41, 5.74) is 3.36. The van der Waals surface area contributed by atoms with Gasteiger partial charge in [-0.3, -0.25) is 9.89 Å². The van der Waals surface area contributed by atoms with Crippen LogP contribution in [-0.2, 0) is 27.4 Å². The van der Waals surface area contributed by atoms with Crippen LogP contribution in [0.1, 0.15) is 24.8 Å². The molecule has 4 aromatic rings. The molecule has 11 nitrogen and oxygen atoms in total. The van der Waals surface area contributed by atoms with E-state index in [4.69, 9.17) is 33.7 Å². The number of methoxy groups -OCH3 is 2. The van der Waals surface area contributed by atoms with Gasteiger partial charge in [-0.2, -0.15) is 0 Å². The number of aromatic amines is 1. The lowest BCUT2D eigenvalue weighted by Gasteiger charge is -2.23. The molecular weight excluding hydrogens is 480 g/mol. The van der Waals surface area contributed by atoms with Gasteiger partial charge in [-0.25, -0.2) is 14.6 Å². The van der Waals surface area contributed by atoms with E-state index >= 15 is 0 Å². The predicted molar refractivity (Wildman–Crippen MR) is 136 cm³/mol. The van der Waals surface area contributed by atoms with Crippen LogP contribution in [0.2, 0.25) is 0 Å². The topological polar surface area (TPSA) is 130 Å². The van der Waals surface area contributed by atoms with Crippen molar-refractivity contribution in [2.75, 3.05) is 34.2 Å². The van der Waals surface area contributed by atoms with Crippen molar-refractivity contribution >= 4 is 21.9 Å². The molecule has 2 aromatic carbocycles. The fourth-order valence-electron chi connectivity index (χ4n) is 4.47. The molecule has 196 valence electrons. The quantitative estimate of drug-likeness (QED) is 0.309. The molecule has 1 aliphatic heterocycles. The van der Waals surface area contributed by atoms with Crippen molar-refractivity contribution in [3.05, 3.63) is 46.2 Å². The summed E-state index contributed by atoms with van der Waals surface area (Å²) < 4.78 is 29.6. The van der Waals surface area contributed by atoms with Crippen LogP contribution in [0.4, 0.5) is 0 Å². The predicted octanol–water partition coefficient (Wildman–Crippen LogP) is 2.97.